The highest BCUT2D eigenvalue weighted by atomic mass is 32.2. The number of carbonyl (C=O) groups excluding carboxylic acids is 1. The number of carboxylic acid groups (broad SMARTS) is 1. The van der Waals surface area contributed by atoms with Gasteiger partial charge in [0.15, 0.2) is 5.78 Å². The Hall–Kier alpha value is -2.53. The van der Waals surface area contributed by atoms with Crippen LogP contribution in [0.1, 0.15) is 21.5 Å². The van der Waals surface area contributed by atoms with Crippen LogP contribution in [0.3, 0.4) is 0 Å². The van der Waals surface area contributed by atoms with Crippen LogP contribution < -0.4 is 0 Å². The van der Waals surface area contributed by atoms with Gasteiger partial charge < -0.3 is 9.52 Å². The molecule has 0 unspecified atom stereocenters. The van der Waals surface area contributed by atoms with Crippen molar-refractivity contribution in [3.05, 3.63) is 65.4 Å². The molecule has 0 fully saturated rings. The van der Waals surface area contributed by atoms with Crippen molar-refractivity contribution in [2.24, 2.45) is 0 Å². The van der Waals surface area contributed by atoms with Crippen molar-refractivity contribution in [3.63, 3.8) is 0 Å². The van der Waals surface area contributed by atoms with Crippen LogP contribution in [-0.4, -0.2) is 23.1 Å². The first-order valence-corrected chi connectivity index (χ1v) is 8.21. The number of carboxylic acids is 1. The average molecular weight is 326 g/mol. The molecule has 0 saturated heterocycles. The molecule has 0 radical (unpaired) electrons. The van der Waals surface area contributed by atoms with E-state index in [2.05, 4.69) is 0 Å². The number of thioether (sulfide) groups is 1. The van der Waals surface area contributed by atoms with E-state index in [-0.39, 0.29) is 12.2 Å². The number of aliphatic carboxylic acids is 1. The van der Waals surface area contributed by atoms with Crippen molar-refractivity contribution in [1.82, 2.24) is 0 Å². The normalized spacial score (nSPS) is 10.8. The van der Waals surface area contributed by atoms with E-state index in [1.54, 1.807) is 42.1 Å². The van der Waals surface area contributed by atoms with Crippen LogP contribution in [0.25, 0.3) is 11.0 Å². The van der Waals surface area contributed by atoms with Crippen LogP contribution in [0.2, 0.25) is 0 Å². The smallest absolute Gasteiger partial charge is 0.307 e. The lowest BCUT2D eigenvalue weighted by Gasteiger charge is -2.06. The summed E-state index contributed by atoms with van der Waals surface area (Å²) in [6, 6.07) is 12.4. The Balaban J connectivity index is 2.07. The summed E-state index contributed by atoms with van der Waals surface area (Å²) >= 11 is 1.60. The number of ketones is 1. The Kier molecular flexibility index (Phi) is 4.21. The zero-order valence-electron chi connectivity index (χ0n) is 12.4. The molecule has 1 N–H and O–H groups in total. The highest BCUT2D eigenvalue weighted by Gasteiger charge is 2.17. The van der Waals surface area contributed by atoms with Gasteiger partial charge in [-0.25, -0.2) is 0 Å². The highest BCUT2D eigenvalue weighted by molar-refractivity contribution is 7.98. The Morgan fingerprint density at radius 1 is 1.13 bits per heavy atom. The molecule has 5 heteroatoms. The second-order valence-corrected chi connectivity index (χ2v) is 5.99. The third kappa shape index (κ3) is 3.14. The lowest BCUT2D eigenvalue weighted by molar-refractivity contribution is -0.136. The van der Waals surface area contributed by atoms with Crippen molar-refractivity contribution in [2.75, 3.05) is 6.26 Å². The molecule has 3 aromatic rings. The first-order valence-electron chi connectivity index (χ1n) is 6.99. The van der Waals surface area contributed by atoms with Gasteiger partial charge in [-0.05, 0) is 54.3 Å². The van der Waals surface area contributed by atoms with Crippen molar-refractivity contribution in [1.29, 1.82) is 0 Å². The number of benzene rings is 2. The summed E-state index contributed by atoms with van der Waals surface area (Å²) in [7, 11) is 0. The van der Waals surface area contributed by atoms with Gasteiger partial charge in [0, 0.05) is 15.8 Å². The van der Waals surface area contributed by atoms with E-state index in [4.69, 9.17) is 9.52 Å². The molecule has 0 bridgehead atoms. The monoisotopic (exact) mass is 326 g/mol. The number of furan rings is 1. The predicted molar refractivity (Wildman–Crippen MR) is 89.2 cm³/mol. The lowest BCUT2D eigenvalue weighted by Crippen LogP contribution is -2.05. The predicted octanol–water partition coefficient (Wildman–Crippen LogP) is 4.01. The summed E-state index contributed by atoms with van der Waals surface area (Å²) in [5.41, 5.74) is 2.00. The molecule has 0 amide bonds. The number of hydrogen-bond acceptors (Lipinski definition) is 4. The molecular weight excluding hydrogens is 312 g/mol. The fraction of sp³-hybridized carbons (Fsp3) is 0.111. The molecule has 0 atom stereocenters. The number of fused-ring (bicyclic) bond motifs is 1. The maximum atomic E-state index is 12.8. The van der Waals surface area contributed by atoms with Crippen molar-refractivity contribution >= 4 is 34.5 Å². The van der Waals surface area contributed by atoms with Gasteiger partial charge in [-0.3, -0.25) is 9.59 Å². The highest BCUT2D eigenvalue weighted by Crippen LogP contribution is 2.26. The van der Waals surface area contributed by atoms with Gasteiger partial charge in [0.2, 0.25) is 0 Å². The SMILES string of the molecule is CSc1ccc(C(=O)c2cc(CC(=O)O)cc3ccoc23)cc1. The lowest BCUT2D eigenvalue weighted by atomic mass is 9.98. The second kappa shape index (κ2) is 6.30. The molecule has 0 aliphatic heterocycles. The topological polar surface area (TPSA) is 67.5 Å². The Bertz CT molecular complexity index is 878. The van der Waals surface area contributed by atoms with E-state index in [9.17, 15) is 9.59 Å². The summed E-state index contributed by atoms with van der Waals surface area (Å²) in [6.45, 7) is 0. The summed E-state index contributed by atoms with van der Waals surface area (Å²) in [6.07, 6.45) is 3.34. The van der Waals surface area contributed by atoms with Gasteiger partial charge in [-0.15, -0.1) is 11.8 Å². The Morgan fingerprint density at radius 3 is 2.52 bits per heavy atom. The van der Waals surface area contributed by atoms with Gasteiger partial charge >= 0.3 is 5.97 Å². The molecule has 1 heterocycles. The van der Waals surface area contributed by atoms with Gasteiger partial charge in [-0.1, -0.05) is 0 Å². The quantitative estimate of drug-likeness (QED) is 0.567. The molecule has 0 saturated carbocycles. The largest absolute Gasteiger partial charge is 0.481 e. The average Bonchev–Trinajstić information content (AvgIpc) is 3.01. The number of rotatable bonds is 5. The van der Waals surface area contributed by atoms with Crippen molar-refractivity contribution in [3.8, 4) is 0 Å². The zero-order valence-corrected chi connectivity index (χ0v) is 13.2. The van der Waals surface area contributed by atoms with Crippen molar-refractivity contribution in [2.45, 2.75) is 11.3 Å². The molecule has 23 heavy (non-hydrogen) atoms. The third-order valence-electron chi connectivity index (χ3n) is 3.56. The summed E-state index contributed by atoms with van der Waals surface area (Å²) in [4.78, 5) is 24.8. The number of carbonyl (C=O) groups is 2. The summed E-state index contributed by atoms with van der Waals surface area (Å²) in [5, 5.41) is 9.71. The van der Waals surface area contributed by atoms with E-state index < -0.39 is 5.97 Å². The summed E-state index contributed by atoms with van der Waals surface area (Å²) in [5.74, 6) is -1.11. The van der Waals surface area contributed by atoms with E-state index >= 15 is 0 Å². The maximum absolute atomic E-state index is 12.8. The number of hydrogen-bond donors (Lipinski definition) is 1. The van der Waals surface area contributed by atoms with Crippen molar-refractivity contribution < 1.29 is 19.1 Å². The molecular formula is C18H14O4S. The van der Waals surface area contributed by atoms with Crippen LogP contribution in [-0.2, 0) is 11.2 Å². The fourth-order valence-electron chi connectivity index (χ4n) is 2.49. The molecule has 116 valence electrons. The molecule has 4 nitrogen and oxygen atoms in total. The van der Waals surface area contributed by atoms with E-state index in [1.165, 1.54) is 6.26 Å². The first-order chi connectivity index (χ1) is 11.1. The minimum atomic E-state index is -0.935. The second-order valence-electron chi connectivity index (χ2n) is 5.11. The minimum absolute atomic E-state index is 0.132. The minimum Gasteiger partial charge on any atom is -0.481 e. The van der Waals surface area contributed by atoms with Crippen LogP contribution in [0.4, 0.5) is 0 Å². The van der Waals surface area contributed by atoms with E-state index in [0.29, 0.717) is 22.3 Å². The maximum Gasteiger partial charge on any atom is 0.307 e. The fourth-order valence-corrected chi connectivity index (χ4v) is 2.90. The van der Waals surface area contributed by atoms with Gasteiger partial charge in [0.1, 0.15) is 5.58 Å². The van der Waals surface area contributed by atoms with Crippen LogP contribution in [0, 0.1) is 0 Å². The van der Waals surface area contributed by atoms with E-state index in [1.807, 2.05) is 18.4 Å². The molecule has 3 rings (SSSR count). The van der Waals surface area contributed by atoms with Gasteiger partial charge in [-0.2, -0.15) is 0 Å². The van der Waals surface area contributed by atoms with Gasteiger partial charge in [0.25, 0.3) is 0 Å². The standard InChI is InChI=1S/C18H14O4S/c1-23-14-4-2-12(3-5-14)17(21)15-9-11(10-16(19)20)8-13-6-7-22-18(13)15/h2-9H,10H2,1H3,(H,19,20). The Labute approximate surface area is 137 Å². The van der Waals surface area contributed by atoms with Crippen LogP contribution >= 0.6 is 11.8 Å². The van der Waals surface area contributed by atoms with Crippen LogP contribution in [0.5, 0.6) is 0 Å². The van der Waals surface area contributed by atoms with Crippen LogP contribution in [0.15, 0.2) is 58.0 Å². The Morgan fingerprint density at radius 2 is 1.87 bits per heavy atom. The van der Waals surface area contributed by atoms with Gasteiger partial charge in [0.05, 0.1) is 18.2 Å². The summed E-state index contributed by atoms with van der Waals surface area (Å²) < 4.78 is 5.42. The molecule has 0 aliphatic rings. The third-order valence-corrected chi connectivity index (χ3v) is 4.31. The zero-order chi connectivity index (χ0) is 16.4. The first kappa shape index (κ1) is 15.4. The molecule has 0 spiro atoms. The molecule has 2 aromatic carbocycles. The molecule has 1 aromatic heterocycles. The van der Waals surface area contributed by atoms with E-state index in [0.717, 1.165) is 10.3 Å². The molecule has 0 aliphatic carbocycles.